The number of piperazine rings is 1. The molecule has 2 saturated heterocycles. The van der Waals surface area contributed by atoms with Crippen molar-refractivity contribution in [2.45, 2.75) is 37.9 Å². The summed E-state index contributed by atoms with van der Waals surface area (Å²) in [6.45, 7) is 6.73. The molecule has 0 aromatic heterocycles. The molecular formula is C17H26N2O2. The Kier molecular flexibility index (Phi) is 4.20. The van der Waals surface area contributed by atoms with Crippen LogP contribution in [-0.2, 0) is 6.54 Å². The Bertz CT molecular complexity index is 476. The van der Waals surface area contributed by atoms with E-state index in [1.54, 1.807) is 7.11 Å². The van der Waals surface area contributed by atoms with Gasteiger partial charge in [0.25, 0.3) is 0 Å². The third kappa shape index (κ3) is 2.93. The molecule has 1 aromatic rings. The van der Waals surface area contributed by atoms with Crippen LogP contribution in [0.5, 0.6) is 5.75 Å². The number of nitrogens with zero attached hydrogens (tertiary/aromatic N) is 2. The predicted molar refractivity (Wildman–Crippen MR) is 83.5 cm³/mol. The maximum absolute atomic E-state index is 9.74. The molecule has 0 saturated carbocycles. The number of methoxy groups -OCH3 is 1. The van der Waals surface area contributed by atoms with Gasteiger partial charge in [-0.1, -0.05) is 12.1 Å². The maximum atomic E-state index is 9.74. The number of aliphatic hydroxyl groups is 1. The van der Waals surface area contributed by atoms with Crippen LogP contribution < -0.4 is 4.74 Å². The summed E-state index contributed by atoms with van der Waals surface area (Å²) in [6.07, 6.45) is 2.55. The molecule has 0 unspecified atom stereocenters. The summed E-state index contributed by atoms with van der Waals surface area (Å²) in [5, 5.41) is 9.74. The van der Waals surface area contributed by atoms with E-state index in [0.29, 0.717) is 0 Å². The summed E-state index contributed by atoms with van der Waals surface area (Å²) in [7, 11) is 1.69. The van der Waals surface area contributed by atoms with E-state index in [9.17, 15) is 5.11 Å². The minimum atomic E-state index is 0.239. The van der Waals surface area contributed by atoms with Crippen LogP contribution in [0.15, 0.2) is 24.3 Å². The van der Waals surface area contributed by atoms with Crippen molar-refractivity contribution in [1.29, 1.82) is 0 Å². The smallest absolute Gasteiger partial charge is 0.118 e. The third-order valence-corrected chi connectivity index (χ3v) is 5.15. The SMILES string of the molecule is COc1ccc(CN2C[C@@]3(C)CCCN3C[C@@H]2CO)cc1. The van der Waals surface area contributed by atoms with E-state index in [0.717, 1.165) is 25.4 Å². The van der Waals surface area contributed by atoms with Gasteiger partial charge in [0, 0.05) is 31.2 Å². The summed E-state index contributed by atoms with van der Waals surface area (Å²) >= 11 is 0. The van der Waals surface area contributed by atoms with Gasteiger partial charge in [-0.05, 0) is 44.0 Å². The Morgan fingerprint density at radius 3 is 2.76 bits per heavy atom. The molecule has 0 radical (unpaired) electrons. The highest BCUT2D eigenvalue weighted by Crippen LogP contribution is 2.34. The molecule has 2 heterocycles. The Morgan fingerprint density at radius 1 is 1.33 bits per heavy atom. The second kappa shape index (κ2) is 5.95. The lowest BCUT2D eigenvalue weighted by Gasteiger charge is -2.49. The van der Waals surface area contributed by atoms with Gasteiger partial charge < -0.3 is 9.84 Å². The van der Waals surface area contributed by atoms with Gasteiger partial charge in [-0.25, -0.2) is 0 Å². The second-order valence-corrected chi connectivity index (χ2v) is 6.64. The van der Waals surface area contributed by atoms with Gasteiger partial charge in [0.05, 0.1) is 13.7 Å². The lowest BCUT2D eigenvalue weighted by Crippen LogP contribution is -2.62. The zero-order chi connectivity index (χ0) is 14.9. The fourth-order valence-electron chi connectivity index (χ4n) is 3.83. The van der Waals surface area contributed by atoms with Crippen LogP contribution >= 0.6 is 0 Å². The summed E-state index contributed by atoms with van der Waals surface area (Å²) in [4.78, 5) is 5.02. The standard InChI is InChI=1S/C17H26N2O2/c1-17-8-3-9-19(17)11-15(12-20)18(13-17)10-14-4-6-16(21-2)7-5-14/h4-7,15,20H,3,8-13H2,1-2H3/t15-,17-/m1/s1. The molecule has 116 valence electrons. The van der Waals surface area contributed by atoms with Crippen LogP contribution in [0.1, 0.15) is 25.3 Å². The van der Waals surface area contributed by atoms with Crippen LogP contribution in [0.25, 0.3) is 0 Å². The highest BCUT2D eigenvalue weighted by Gasteiger charge is 2.44. The van der Waals surface area contributed by atoms with E-state index >= 15 is 0 Å². The summed E-state index contributed by atoms with van der Waals surface area (Å²) in [5.74, 6) is 0.894. The quantitative estimate of drug-likeness (QED) is 0.916. The predicted octanol–water partition coefficient (Wildman–Crippen LogP) is 1.73. The Balaban J connectivity index is 1.72. The third-order valence-electron chi connectivity index (χ3n) is 5.15. The highest BCUT2D eigenvalue weighted by molar-refractivity contribution is 5.27. The Morgan fingerprint density at radius 2 is 2.10 bits per heavy atom. The van der Waals surface area contributed by atoms with Crippen molar-refractivity contribution in [3.63, 3.8) is 0 Å². The first-order chi connectivity index (χ1) is 10.1. The van der Waals surface area contributed by atoms with Gasteiger partial charge in [-0.3, -0.25) is 9.80 Å². The minimum Gasteiger partial charge on any atom is -0.497 e. The molecule has 0 aliphatic carbocycles. The van der Waals surface area contributed by atoms with Crippen molar-refractivity contribution >= 4 is 0 Å². The molecule has 1 N–H and O–H groups in total. The Labute approximate surface area is 127 Å². The van der Waals surface area contributed by atoms with Crippen LogP contribution in [0.2, 0.25) is 0 Å². The van der Waals surface area contributed by atoms with Gasteiger partial charge >= 0.3 is 0 Å². The van der Waals surface area contributed by atoms with Gasteiger partial charge in [0.1, 0.15) is 5.75 Å². The number of hydrogen-bond acceptors (Lipinski definition) is 4. The number of aliphatic hydroxyl groups excluding tert-OH is 1. The lowest BCUT2D eigenvalue weighted by atomic mass is 9.93. The number of ether oxygens (including phenoxy) is 1. The van der Waals surface area contributed by atoms with Gasteiger partial charge in [-0.2, -0.15) is 0 Å². The fraction of sp³-hybridized carbons (Fsp3) is 0.647. The average molecular weight is 290 g/mol. The van der Waals surface area contributed by atoms with Crippen LogP contribution in [-0.4, -0.2) is 59.8 Å². The van der Waals surface area contributed by atoms with Crippen molar-refractivity contribution in [1.82, 2.24) is 9.80 Å². The maximum Gasteiger partial charge on any atom is 0.118 e. The van der Waals surface area contributed by atoms with Crippen molar-refractivity contribution in [3.05, 3.63) is 29.8 Å². The van der Waals surface area contributed by atoms with Crippen molar-refractivity contribution in [2.75, 3.05) is 33.4 Å². The molecule has 1 aromatic carbocycles. The van der Waals surface area contributed by atoms with Crippen LogP contribution in [0.3, 0.4) is 0 Å². The molecule has 0 amide bonds. The second-order valence-electron chi connectivity index (χ2n) is 6.64. The largest absolute Gasteiger partial charge is 0.497 e. The van der Waals surface area contributed by atoms with E-state index in [-0.39, 0.29) is 18.2 Å². The first kappa shape index (κ1) is 14.8. The molecular weight excluding hydrogens is 264 g/mol. The van der Waals surface area contributed by atoms with Crippen molar-refractivity contribution in [2.24, 2.45) is 0 Å². The highest BCUT2D eigenvalue weighted by atomic mass is 16.5. The Hall–Kier alpha value is -1.10. The monoisotopic (exact) mass is 290 g/mol. The fourth-order valence-corrected chi connectivity index (χ4v) is 3.83. The van der Waals surface area contributed by atoms with Gasteiger partial charge in [-0.15, -0.1) is 0 Å². The molecule has 2 aliphatic rings. The topological polar surface area (TPSA) is 35.9 Å². The summed E-state index contributed by atoms with van der Waals surface area (Å²) in [6, 6.07) is 8.51. The summed E-state index contributed by atoms with van der Waals surface area (Å²) < 4.78 is 5.21. The van der Waals surface area contributed by atoms with E-state index < -0.39 is 0 Å². The number of hydrogen-bond donors (Lipinski definition) is 1. The first-order valence-corrected chi connectivity index (χ1v) is 7.87. The van der Waals surface area contributed by atoms with Crippen LogP contribution in [0.4, 0.5) is 0 Å². The van der Waals surface area contributed by atoms with Gasteiger partial charge in [0.15, 0.2) is 0 Å². The summed E-state index contributed by atoms with van der Waals surface area (Å²) in [5.41, 5.74) is 1.57. The van der Waals surface area contributed by atoms with Crippen LogP contribution in [0, 0.1) is 0 Å². The molecule has 4 nitrogen and oxygen atoms in total. The van der Waals surface area contributed by atoms with Gasteiger partial charge in [0.2, 0.25) is 0 Å². The van der Waals surface area contributed by atoms with Crippen molar-refractivity contribution in [3.8, 4) is 5.75 Å². The van der Waals surface area contributed by atoms with E-state index in [1.165, 1.54) is 24.9 Å². The molecule has 2 atom stereocenters. The zero-order valence-electron chi connectivity index (χ0n) is 13.1. The average Bonchev–Trinajstić information content (AvgIpc) is 2.87. The molecule has 0 bridgehead atoms. The number of fused-ring (bicyclic) bond motifs is 1. The number of benzene rings is 1. The van der Waals surface area contributed by atoms with Crippen molar-refractivity contribution < 1.29 is 9.84 Å². The number of rotatable bonds is 4. The lowest BCUT2D eigenvalue weighted by molar-refractivity contribution is -0.0248. The molecule has 3 rings (SSSR count). The molecule has 2 fully saturated rings. The molecule has 21 heavy (non-hydrogen) atoms. The van der Waals surface area contributed by atoms with E-state index in [2.05, 4.69) is 28.9 Å². The van der Waals surface area contributed by atoms with E-state index in [4.69, 9.17) is 4.74 Å². The zero-order valence-corrected chi connectivity index (χ0v) is 13.1. The minimum absolute atomic E-state index is 0.239. The molecule has 0 spiro atoms. The van der Waals surface area contributed by atoms with E-state index in [1.807, 2.05) is 12.1 Å². The first-order valence-electron chi connectivity index (χ1n) is 7.87. The molecule has 4 heteroatoms. The molecule has 2 aliphatic heterocycles. The normalized spacial score (nSPS) is 30.3.